The van der Waals surface area contributed by atoms with E-state index in [9.17, 15) is 0 Å². The first kappa shape index (κ1) is 13.7. The van der Waals surface area contributed by atoms with Crippen LogP contribution in [0.5, 0.6) is 17.2 Å². The van der Waals surface area contributed by atoms with Gasteiger partial charge in [-0.15, -0.1) is 11.3 Å². The third kappa shape index (κ3) is 2.92. The van der Waals surface area contributed by atoms with E-state index in [0.717, 1.165) is 38.6 Å². The molecule has 4 nitrogen and oxygen atoms in total. The smallest absolute Gasteiger partial charge is 0.231 e. The van der Waals surface area contributed by atoms with E-state index in [0.29, 0.717) is 13.2 Å². The summed E-state index contributed by atoms with van der Waals surface area (Å²) >= 11 is 5.10. The van der Waals surface area contributed by atoms with Crippen molar-refractivity contribution >= 4 is 27.3 Å². The van der Waals surface area contributed by atoms with Crippen LogP contribution in [0.3, 0.4) is 0 Å². The van der Waals surface area contributed by atoms with E-state index in [-0.39, 0.29) is 6.79 Å². The Labute approximate surface area is 129 Å². The maximum Gasteiger partial charge on any atom is 0.231 e. The summed E-state index contributed by atoms with van der Waals surface area (Å²) in [6.45, 7) is 1.37. The van der Waals surface area contributed by atoms with Crippen LogP contribution in [0.1, 0.15) is 10.4 Å². The van der Waals surface area contributed by atoms with E-state index >= 15 is 0 Å². The van der Waals surface area contributed by atoms with Gasteiger partial charge in [-0.2, -0.15) is 0 Å². The lowest BCUT2D eigenvalue weighted by Crippen LogP contribution is -2.05. The van der Waals surface area contributed by atoms with Crippen molar-refractivity contribution in [1.82, 2.24) is 0 Å². The fourth-order valence-corrected chi connectivity index (χ4v) is 3.39. The van der Waals surface area contributed by atoms with Crippen molar-refractivity contribution in [2.75, 3.05) is 13.3 Å². The third-order valence-electron chi connectivity index (χ3n) is 2.96. The highest BCUT2D eigenvalue weighted by atomic mass is 79.9. The summed E-state index contributed by atoms with van der Waals surface area (Å²) in [7, 11) is 0. The molecule has 20 heavy (non-hydrogen) atoms. The third-order valence-corrected chi connectivity index (χ3v) is 4.63. The van der Waals surface area contributed by atoms with Crippen molar-refractivity contribution in [3.05, 3.63) is 38.5 Å². The van der Waals surface area contributed by atoms with Crippen LogP contribution in [0.2, 0.25) is 0 Å². The van der Waals surface area contributed by atoms with Gasteiger partial charge in [0.2, 0.25) is 6.79 Å². The van der Waals surface area contributed by atoms with Crippen LogP contribution < -0.4 is 19.9 Å². The van der Waals surface area contributed by atoms with Gasteiger partial charge in [0, 0.05) is 20.8 Å². The monoisotopic (exact) mass is 355 g/mol. The molecule has 0 amide bonds. The van der Waals surface area contributed by atoms with Crippen LogP contribution in [-0.4, -0.2) is 13.3 Å². The highest BCUT2D eigenvalue weighted by Gasteiger charge is 2.18. The van der Waals surface area contributed by atoms with E-state index in [1.54, 1.807) is 11.3 Å². The molecular weight excluding hydrogens is 342 g/mol. The lowest BCUT2D eigenvalue weighted by atomic mass is 10.1. The number of halogens is 1. The Morgan fingerprint density at radius 3 is 2.75 bits per heavy atom. The number of hydrogen-bond acceptors (Lipinski definition) is 5. The zero-order valence-corrected chi connectivity index (χ0v) is 13.1. The predicted octanol–water partition coefficient (Wildman–Crippen LogP) is 3.32. The van der Waals surface area contributed by atoms with Crippen molar-refractivity contribution in [1.29, 1.82) is 0 Å². The van der Waals surface area contributed by atoms with E-state index in [4.69, 9.17) is 19.9 Å². The van der Waals surface area contributed by atoms with E-state index in [1.807, 2.05) is 17.5 Å². The van der Waals surface area contributed by atoms with Gasteiger partial charge in [0.1, 0.15) is 12.4 Å². The molecule has 1 aliphatic heterocycles. The molecule has 2 aromatic rings. The van der Waals surface area contributed by atoms with Crippen molar-refractivity contribution in [2.24, 2.45) is 5.73 Å². The quantitative estimate of drug-likeness (QED) is 0.893. The van der Waals surface area contributed by atoms with Crippen LogP contribution in [0, 0.1) is 0 Å². The average molecular weight is 356 g/mol. The lowest BCUT2D eigenvalue weighted by molar-refractivity contribution is 0.173. The number of ether oxygens (including phenoxy) is 3. The number of hydrogen-bond donors (Lipinski definition) is 1. The summed E-state index contributed by atoms with van der Waals surface area (Å²) in [4.78, 5) is 1.16. The van der Waals surface area contributed by atoms with Gasteiger partial charge in [0.15, 0.2) is 11.5 Å². The number of thiophene rings is 1. The number of benzene rings is 1. The molecule has 6 heteroatoms. The second-order valence-corrected chi connectivity index (χ2v) is 6.28. The minimum Gasteiger partial charge on any atom is -0.488 e. The van der Waals surface area contributed by atoms with Gasteiger partial charge in [-0.25, -0.2) is 0 Å². The summed E-state index contributed by atoms with van der Waals surface area (Å²) in [5.74, 6) is 2.30. The van der Waals surface area contributed by atoms with Crippen LogP contribution >= 0.6 is 27.3 Å². The Bertz CT molecular complexity index is 614. The van der Waals surface area contributed by atoms with Crippen molar-refractivity contribution in [3.63, 3.8) is 0 Å². The molecule has 1 aromatic heterocycles. The maximum absolute atomic E-state index is 5.91. The Balaban J connectivity index is 1.80. The lowest BCUT2D eigenvalue weighted by Gasteiger charge is -2.11. The second-order valence-electron chi connectivity index (χ2n) is 4.37. The molecule has 0 aliphatic carbocycles. The standard InChI is InChI=1S/C14H14BrNO3S/c15-10-4-11(20-7-10)6-17-12-5-14-13(18-8-19-14)3-9(12)1-2-16/h3-5,7H,1-2,6,8,16H2. The van der Waals surface area contributed by atoms with Gasteiger partial charge in [-0.05, 0) is 46.6 Å². The highest BCUT2D eigenvalue weighted by molar-refractivity contribution is 9.10. The molecule has 2 N–H and O–H groups in total. The molecule has 0 radical (unpaired) electrons. The van der Waals surface area contributed by atoms with Gasteiger partial charge < -0.3 is 19.9 Å². The summed E-state index contributed by atoms with van der Waals surface area (Å²) < 4.78 is 17.8. The number of nitrogens with two attached hydrogens (primary N) is 1. The first-order valence-corrected chi connectivity index (χ1v) is 7.92. The Morgan fingerprint density at radius 2 is 2.05 bits per heavy atom. The summed E-state index contributed by atoms with van der Waals surface area (Å²) in [6, 6.07) is 5.89. The molecule has 0 saturated carbocycles. The van der Waals surface area contributed by atoms with Crippen LogP contribution in [-0.2, 0) is 13.0 Å². The van der Waals surface area contributed by atoms with E-state index < -0.39 is 0 Å². The topological polar surface area (TPSA) is 53.7 Å². The van der Waals surface area contributed by atoms with Crippen molar-refractivity contribution in [2.45, 2.75) is 13.0 Å². The normalized spacial score (nSPS) is 12.7. The average Bonchev–Trinajstić information content (AvgIpc) is 3.04. The van der Waals surface area contributed by atoms with Gasteiger partial charge in [0.25, 0.3) is 0 Å². The van der Waals surface area contributed by atoms with Crippen LogP contribution in [0.25, 0.3) is 0 Å². The Kier molecular flexibility index (Phi) is 4.14. The second kappa shape index (κ2) is 6.03. The number of fused-ring (bicyclic) bond motifs is 1. The molecular formula is C14H14BrNO3S. The summed E-state index contributed by atoms with van der Waals surface area (Å²) in [5, 5.41) is 2.04. The molecule has 0 unspecified atom stereocenters. The van der Waals surface area contributed by atoms with Gasteiger partial charge in [-0.1, -0.05) is 0 Å². The minimum atomic E-state index is 0.263. The Morgan fingerprint density at radius 1 is 1.25 bits per heavy atom. The summed E-state index contributed by atoms with van der Waals surface area (Å²) in [6.07, 6.45) is 0.750. The van der Waals surface area contributed by atoms with E-state index in [1.165, 1.54) is 0 Å². The minimum absolute atomic E-state index is 0.263. The summed E-state index contributed by atoms with van der Waals surface area (Å²) in [5.41, 5.74) is 6.70. The first-order chi connectivity index (χ1) is 9.76. The van der Waals surface area contributed by atoms with Gasteiger partial charge in [0.05, 0.1) is 0 Å². The van der Waals surface area contributed by atoms with Gasteiger partial charge in [-0.3, -0.25) is 0 Å². The molecule has 106 valence electrons. The number of rotatable bonds is 5. The maximum atomic E-state index is 5.91. The fraction of sp³-hybridized carbons (Fsp3) is 0.286. The SMILES string of the molecule is NCCc1cc2c(cc1OCc1cc(Br)cs1)OCO2. The van der Waals surface area contributed by atoms with Gasteiger partial charge >= 0.3 is 0 Å². The van der Waals surface area contributed by atoms with E-state index in [2.05, 4.69) is 22.0 Å². The molecule has 0 spiro atoms. The van der Waals surface area contributed by atoms with Crippen LogP contribution in [0.4, 0.5) is 0 Å². The Hall–Kier alpha value is -1.24. The van der Waals surface area contributed by atoms with Crippen LogP contribution in [0.15, 0.2) is 28.1 Å². The molecule has 0 fully saturated rings. The fourth-order valence-electron chi connectivity index (χ4n) is 2.03. The molecule has 0 saturated heterocycles. The largest absolute Gasteiger partial charge is 0.488 e. The van der Waals surface area contributed by atoms with Crippen molar-refractivity contribution < 1.29 is 14.2 Å². The molecule has 0 atom stereocenters. The zero-order chi connectivity index (χ0) is 13.9. The molecule has 1 aromatic carbocycles. The molecule has 1 aliphatic rings. The predicted molar refractivity (Wildman–Crippen MR) is 81.7 cm³/mol. The molecule has 3 rings (SSSR count). The highest BCUT2D eigenvalue weighted by Crippen LogP contribution is 2.38. The zero-order valence-electron chi connectivity index (χ0n) is 10.7. The van der Waals surface area contributed by atoms with Crippen molar-refractivity contribution in [3.8, 4) is 17.2 Å². The molecule has 2 heterocycles. The first-order valence-electron chi connectivity index (χ1n) is 6.24. The molecule has 0 bridgehead atoms.